The normalized spacial score (nSPS) is 14.4. The average Bonchev–Trinajstić information content (AvgIpc) is 3.09. The van der Waals surface area contributed by atoms with E-state index in [0.29, 0.717) is 12.5 Å². The molecule has 5 nitrogen and oxygen atoms in total. The first kappa shape index (κ1) is 21.5. The molecule has 0 heterocycles. The predicted molar refractivity (Wildman–Crippen MR) is 123 cm³/mol. The summed E-state index contributed by atoms with van der Waals surface area (Å²) in [4.78, 5) is 6.70. The third-order valence-electron chi connectivity index (χ3n) is 4.93. The molecule has 2 aromatic carbocycles. The highest BCUT2D eigenvalue weighted by Crippen LogP contribution is 2.28. The number of anilines is 1. The highest BCUT2D eigenvalue weighted by Gasteiger charge is 2.18. The van der Waals surface area contributed by atoms with E-state index in [2.05, 4.69) is 39.5 Å². The highest BCUT2D eigenvalue weighted by molar-refractivity contribution is 14.0. The SMILES string of the molecule is COc1ccccc1C(CN=C(N)Nc1ccc2c(c1)CCC2)N(C)C.I. The number of methoxy groups -OCH3 is 1. The maximum atomic E-state index is 6.14. The molecule has 0 amide bonds. The second kappa shape index (κ2) is 9.94. The van der Waals surface area contributed by atoms with Gasteiger partial charge in [0, 0.05) is 11.3 Å². The molecule has 0 saturated heterocycles. The summed E-state index contributed by atoms with van der Waals surface area (Å²) in [6.07, 6.45) is 3.58. The Hall–Kier alpha value is -1.80. The van der Waals surface area contributed by atoms with Crippen LogP contribution in [0.3, 0.4) is 0 Å². The van der Waals surface area contributed by atoms with Crippen LogP contribution in [-0.4, -0.2) is 38.6 Å². The van der Waals surface area contributed by atoms with Crippen LogP contribution in [-0.2, 0) is 12.8 Å². The topological polar surface area (TPSA) is 62.9 Å². The minimum absolute atomic E-state index is 0. The Bertz CT molecular complexity index is 792. The van der Waals surface area contributed by atoms with Crippen molar-refractivity contribution < 1.29 is 4.74 Å². The Morgan fingerprint density at radius 3 is 2.67 bits per heavy atom. The number of hydrogen-bond donors (Lipinski definition) is 2. The lowest BCUT2D eigenvalue weighted by Crippen LogP contribution is -2.27. The van der Waals surface area contributed by atoms with Crippen LogP contribution < -0.4 is 15.8 Å². The molecule has 0 aromatic heterocycles. The number of nitrogens with one attached hydrogen (secondary N) is 1. The fourth-order valence-corrected chi connectivity index (χ4v) is 3.50. The second-order valence-corrected chi connectivity index (χ2v) is 6.91. The predicted octanol–water partition coefficient (Wildman–Crippen LogP) is 3.83. The van der Waals surface area contributed by atoms with Crippen LogP contribution in [0, 0.1) is 0 Å². The number of hydrogen-bond acceptors (Lipinski definition) is 3. The number of fused-ring (bicyclic) bond motifs is 1. The Balaban J connectivity index is 0.00000261. The van der Waals surface area contributed by atoms with Gasteiger partial charge >= 0.3 is 0 Å². The number of para-hydroxylation sites is 1. The first-order valence-corrected chi connectivity index (χ1v) is 9.06. The zero-order valence-electron chi connectivity index (χ0n) is 16.2. The molecule has 0 radical (unpaired) electrons. The summed E-state index contributed by atoms with van der Waals surface area (Å²) in [5.74, 6) is 1.30. The fourth-order valence-electron chi connectivity index (χ4n) is 3.50. The van der Waals surface area contributed by atoms with Gasteiger partial charge in [0.05, 0.1) is 19.7 Å². The van der Waals surface area contributed by atoms with Crippen LogP contribution in [0.1, 0.15) is 29.2 Å². The molecule has 146 valence electrons. The van der Waals surface area contributed by atoms with E-state index in [-0.39, 0.29) is 30.0 Å². The van der Waals surface area contributed by atoms with Crippen molar-refractivity contribution in [2.45, 2.75) is 25.3 Å². The summed E-state index contributed by atoms with van der Waals surface area (Å²) in [5, 5.41) is 3.22. The van der Waals surface area contributed by atoms with Crippen LogP contribution in [0.25, 0.3) is 0 Å². The lowest BCUT2D eigenvalue weighted by atomic mass is 10.0. The van der Waals surface area contributed by atoms with E-state index < -0.39 is 0 Å². The van der Waals surface area contributed by atoms with Gasteiger partial charge in [0.15, 0.2) is 5.96 Å². The quantitative estimate of drug-likeness (QED) is 0.375. The molecule has 1 unspecified atom stereocenters. The van der Waals surface area contributed by atoms with Crippen LogP contribution in [0.2, 0.25) is 0 Å². The number of guanidine groups is 1. The van der Waals surface area contributed by atoms with Crippen molar-refractivity contribution >= 4 is 35.6 Å². The van der Waals surface area contributed by atoms with E-state index >= 15 is 0 Å². The van der Waals surface area contributed by atoms with Gasteiger partial charge in [-0.3, -0.25) is 4.99 Å². The van der Waals surface area contributed by atoms with Crippen molar-refractivity contribution in [1.82, 2.24) is 4.90 Å². The molecule has 0 aliphatic heterocycles. The van der Waals surface area contributed by atoms with Gasteiger partial charge in [0.2, 0.25) is 0 Å². The molecule has 1 aliphatic rings. The summed E-state index contributed by atoms with van der Waals surface area (Å²) < 4.78 is 5.50. The van der Waals surface area contributed by atoms with E-state index in [4.69, 9.17) is 10.5 Å². The van der Waals surface area contributed by atoms with E-state index in [9.17, 15) is 0 Å². The lowest BCUT2D eigenvalue weighted by molar-refractivity contribution is 0.295. The van der Waals surface area contributed by atoms with Crippen molar-refractivity contribution in [1.29, 1.82) is 0 Å². The molecule has 1 aliphatic carbocycles. The molecule has 27 heavy (non-hydrogen) atoms. The van der Waals surface area contributed by atoms with Crippen LogP contribution in [0.15, 0.2) is 47.5 Å². The van der Waals surface area contributed by atoms with Gasteiger partial charge in [-0.1, -0.05) is 24.3 Å². The van der Waals surface area contributed by atoms with Gasteiger partial charge in [0.25, 0.3) is 0 Å². The number of benzene rings is 2. The minimum Gasteiger partial charge on any atom is -0.496 e. The molecular formula is C21H29IN4O. The molecule has 2 aromatic rings. The number of aliphatic imine (C=N–C) groups is 1. The zero-order valence-corrected chi connectivity index (χ0v) is 18.6. The molecule has 0 spiro atoms. The Labute approximate surface area is 179 Å². The maximum Gasteiger partial charge on any atom is 0.193 e. The maximum absolute atomic E-state index is 6.14. The van der Waals surface area contributed by atoms with Crippen molar-refractivity contribution in [2.75, 3.05) is 33.1 Å². The van der Waals surface area contributed by atoms with E-state index in [1.54, 1.807) is 7.11 Å². The molecule has 0 fully saturated rings. The van der Waals surface area contributed by atoms with Crippen LogP contribution in [0.5, 0.6) is 5.75 Å². The summed E-state index contributed by atoms with van der Waals surface area (Å²) in [6, 6.07) is 14.6. The van der Waals surface area contributed by atoms with E-state index in [1.807, 2.05) is 32.3 Å². The van der Waals surface area contributed by atoms with Crippen molar-refractivity contribution in [2.24, 2.45) is 10.7 Å². The van der Waals surface area contributed by atoms with Gasteiger partial charge in [-0.05, 0) is 62.7 Å². The number of aryl methyl sites for hydroxylation is 2. The lowest BCUT2D eigenvalue weighted by Gasteiger charge is -2.25. The van der Waals surface area contributed by atoms with Gasteiger partial charge in [-0.2, -0.15) is 0 Å². The standard InChI is InChI=1S/C21H28N4O.HI/c1-25(2)19(18-9-4-5-10-20(18)26-3)14-23-21(22)24-17-12-11-15-7-6-8-16(15)13-17;/h4-5,9-13,19H,6-8,14H2,1-3H3,(H3,22,23,24);1H. The van der Waals surface area contributed by atoms with Crippen molar-refractivity contribution in [3.63, 3.8) is 0 Å². The number of nitrogens with zero attached hydrogens (tertiary/aromatic N) is 2. The molecule has 3 N–H and O–H groups in total. The number of halogens is 1. The number of likely N-dealkylation sites (N-methyl/N-ethyl adjacent to an activating group) is 1. The molecule has 0 saturated carbocycles. The molecular weight excluding hydrogens is 451 g/mol. The second-order valence-electron chi connectivity index (χ2n) is 6.91. The number of nitrogens with two attached hydrogens (primary N) is 1. The first-order chi connectivity index (χ1) is 12.6. The van der Waals surface area contributed by atoms with Crippen molar-refractivity contribution in [3.05, 3.63) is 59.2 Å². The summed E-state index contributed by atoms with van der Waals surface area (Å²) in [5.41, 5.74) is 11.1. The minimum atomic E-state index is 0. The summed E-state index contributed by atoms with van der Waals surface area (Å²) in [6.45, 7) is 0.553. The van der Waals surface area contributed by atoms with Gasteiger partial charge < -0.3 is 20.7 Å². The number of ether oxygens (including phenoxy) is 1. The Morgan fingerprint density at radius 2 is 1.93 bits per heavy atom. The van der Waals surface area contributed by atoms with Crippen LogP contribution in [0.4, 0.5) is 5.69 Å². The Kier molecular flexibility index (Phi) is 7.91. The van der Waals surface area contributed by atoms with Gasteiger partial charge in [0.1, 0.15) is 5.75 Å². The number of rotatable bonds is 6. The van der Waals surface area contributed by atoms with Gasteiger partial charge in [-0.15, -0.1) is 24.0 Å². The van der Waals surface area contributed by atoms with Crippen LogP contribution >= 0.6 is 24.0 Å². The largest absolute Gasteiger partial charge is 0.496 e. The van der Waals surface area contributed by atoms with E-state index in [1.165, 1.54) is 24.0 Å². The third kappa shape index (κ3) is 5.35. The molecule has 3 rings (SSSR count). The zero-order chi connectivity index (χ0) is 18.5. The smallest absolute Gasteiger partial charge is 0.193 e. The fraction of sp³-hybridized carbons (Fsp3) is 0.381. The Morgan fingerprint density at radius 1 is 1.19 bits per heavy atom. The van der Waals surface area contributed by atoms with Crippen molar-refractivity contribution in [3.8, 4) is 5.75 Å². The molecule has 1 atom stereocenters. The average molecular weight is 480 g/mol. The van der Waals surface area contributed by atoms with E-state index in [0.717, 1.165) is 23.4 Å². The summed E-state index contributed by atoms with van der Waals surface area (Å²) in [7, 11) is 5.77. The third-order valence-corrected chi connectivity index (χ3v) is 4.93. The summed E-state index contributed by atoms with van der Waals surface area (Å²) >= 11 is 0. The van der Waals surface area contributed by atoms with Gasteiger partial charge in [-0.25, -0.2) is 0 Å². The molecule has 0 bridgehead atoms. The first-order valence-electron chi connectivity index (χ1n) is 9.06. The molecule has 6 heteroatoms. The highest BCUT2D eigenvalue weighted by atomic mass is 127. The monoisotopic (exact) mass is 480 g/mol.